The van der Waals surface area contributed by atoms with Crippen molar-refractivity contribution < 1.29 is 4.79 Å². The predicted molar refractivity (Wildman–Crippen MR) is 61.9 cm³/mol. The average molecular weight is 339 g/mol. The van der Waals surface area contributed by atoms with Crippen LogP contribution in [-0.2, 0) is 0 Å². The third-order valence-electron chi connectivity index (χ3n) is 1.49. The van der Waals surface area contributed by atoms with Gasteiger partial charge in [-0.1, -0.05) is 28.1 Å². The van der Waals surface area contributed by atoms with Crippen LogP contribution in [0.5, 0.6) is 0 Å². The molecule has 0 saturated heterocycles. The van der Waals surface area contributed by atoms with E-state index in [2.05, 4.69) is 38.5 Å². The largest absolute Gasteiger partial charge is 0.293 e. The fourth-order valence-electron chi connectivity index (χ4n) is 0.844. The minimum absolute atomic E-state index is 0.0995. The van der Waals surface area contributed by atoms with Gasteiger partial charge in [-0.3, -0.25) is 4.79 Å². The van der Waals surface area contributed by atoms with Gasteiger partial charge in [0.1, 0.15) is 0 Å². The van der Waals surface area contributed by atoms with Gasteiger partial charge >= 0.3 is 0 Å². The molecule has 1 aromatic carbocycles. The van der Waals surface area contributed by atoms with Crippen molar-refractivity contribution >= 4 is 44.3 Å². The summed E-state index contributed by atoms with van der Waals surface area (Å²) in [6, 6.07) is 7.57. The summed E-state index contributed by atoms with van der Waals surface area (Å²) in [6.45, 7) is 1.83. The summed E-state index contributed by atoms with van der Waals surface area (Å²) in [5.41, 5.74) is 0.764. The monoisotopic (exact) mass is 338 g/mol. The Morgan fingerprint density at radius 2 is 1.92 bits per heavy atom. The number of benzene rings is 1. The maximum absolute atomic E-state index is 11.4. The first-order valence-electron chi connectivity index (χ1n) is 3.55. The van der Waals surface area contributed by atoms with E-state index in [0.29, 0.717) is 0 Å². The lowest BCUT2D eigenvalue weighted by Gasteiger charge is -2.01. The highest BCUT2D eigenvalue weighted by atomic mass is 127. The van der Waals surface area contributed by atoms with Gasteiger partial charge in [-0.25, -0.2) is 0 Å². The van der Waals surface area contributed by atoms with E-state index < -0.39 is 0 Å². The molecule has 0 saturated carbocycles. The van der Waals surface area contributed by atoms with Crippen LogP contribution in [0, 0.1) is 3.57 Å². The molecule has 0 unspecified atom stereocenters. The van der Waals surface area contributed by atoms with Gasteiger partial charge in [-0.15, -0.1) is 0 Å². The second kappa shape index (κ2) is 4.37. The first-order valence-corrected chi connectivity index (χ1v) is 5.54. The SMILES string of the molecule is C[C@@H](Br)C(=O)c1ccc(I)cc1. The van der Waals surface area contributed by atoms with E-state index in [4.69, 9.17) is 0 Å². The highest BCUT2D eigenvalue weighted by Crippen LogP contribution is 2.11. The third-order valence-corrected chi connectivity index (χ3v) is 2.63. The molecule has 0 bridgehead atoms. The summed E-state index contributed by atoms with van der Waals surface area (Å²) in [5.74, 6) is 0.131. The molecule has 1 atom stereocenters. The van der Waals surface area contributed by atoms with Crippen molar-refractivity contribution in [3.63, 3.8) is 0 Å². The van der Waals surface area contributed by atoms with E-state index in [9.17, 15) is 4.79 Å². The quantitative estimate of drug-likeness (QED) is 0.459. The minimum atomic E-state index is -0.0995. The van der Waals surface area contributed by atoms with Crippen LogP contribution >= 0.6 is 38.5 Å². The summed E-state index contributed by atoms with van der Waals surface area (Å²) < 4.78 is 1.14. The molecule has 1 aromatic rings. The molecule has 1 rings (SSSR count). The highest BCUT2D eigenvalue weighted by molar-refractivity contribution is 14.1. The zero-order valence-electron chi connectivity index (χ0n) is 6.55. The van der Waals surface area contributed by atoms with Crippen LogP contribution in [0.3, 0.4) is 0 Å². The van der Waals surface area contributed by atoms with E-state index in [1.807, 2.05) is 31.2 Å². The zero-order valence-corrected chi connectivity index (χ0v) is 10.3. The third kappa shape index (κ3) is 2.55. The molecule has 0 N–H and O–H groups in total. The van der Waals surface area contributed by atoms with Gasteiger partial charge in [0.05, 0.1) is 4.83 Å². The Labute approximate surface area is 93.8 Å². The Bertz CT molecular complexity index is 279. The number of hydrogen-bond acceptors (Lipinski definition) is 1. The molecule has 64 valence electrons. The lowest BCUT2D eigenvalue weighted by Crippen LogP contribution is -2.09. The summed E-state index contributed by atoms with van der Waals surface area (Å²) in [5, 5.41) is 0. The van der Waals surface area contributed by atoms with Gasteiger partial charge in [0.15, 0.2) is 5.78 Å². The van der Waals surface area contributed by atoms with E-state index in [-0.39, 0.29) is 10.6 Å². The van der Waals surface area contributed by atoms with E-state index in [1.54, 1.807) is 0 Å². The maximum atomic E-state index is 11.4. The Morgan fingerprint density at radius 3 is 2.33 bits per heavy atom. The molecule has 0 spiro atoms. The fourth-order valence-corrected chi connectivity index (χ4v) is 1.47. The van der Waals surface area contributed by atoms with Crippen LogP contribution in [0.15, 0.2) is 24.3 Å². The lowest BCUT2D eigenvalue weighted by molar-refractivity contribution is 0.0996. The number of rotatable bonds is 2. The average Bonchev–Trinajstić information content (AvgIpc) is 2.04. The standard InChI is InChI=1S/C9H8BrIO/c1-6(10)9(12)7-2-4-8(11)5-3-7/h2-6H,1H3/t6-/m1/s1. The van der Waals surface area contributed by atoms with Crippen molar-refractivity contribution in [3.05, 3.63) is 33.4 Å². The molecule has 0 amide bonds. The van der Waals surface area contributed by atoms with Gasteiger partial charge < -0.3 is 0 Å². The molecule has 12 heavy (non-hydrogen) atoms. The Balaban J connectivity index is 2.90. The molecule has 0 fully saturated rings. The molecule has 0 aliphatic carbocycles. The molecule has 0 radical (unpaired) electrons. The normalized spacial score (nSPS) is 12.6. The number of alkyl halides is 1. The van der Waals surface area contributed by atoms with Crippen LogP contribution in [0.4, 0.5) is 0 Å². The Hall–Kier alpha value is 0.1000. The van der Waals surface area contributed by atoms with Crippen molar-refractivity contribution in [3.8, 4) is 0 Å². The molecule has 0 aromatic heterocycles. The van der Waals surface area contributed by atoms with Gasteiger partial charge in [0, 0.05) is 9.13 Å². The second-order valence-electron chi connectivity index (χ2n) is 2.49. The summed E-state index contributed by atoms with van der Waals surface area (Å²) >= 11 is 5.46. The topological polar surface area (TPSA) is 17.1 Å². The van der Waals surface area contributed by atoms with E-state index in [1.165, 1.54) is 0 Å². The second-order valence-corrected chi connectivity index (χ2v) is 5.11. The molecular weight excluding hydrogens is 331 g/mol. The van der Waals surface area contributed by atoms with Crippen LogP contribution in [0.2, 0.25) is 0 Å². The fraction of sp³-hybridized carbons (Fsp3) is 0.222. The minimum Gasteiger partial charge on any atom is -0.293 e. The summed E-state index contributed by atoms with van der Waals surface area (Å²) in [6.07, 6.45) is 0. The number of Topliss-reactive ketones (excluding diaryl/α,β-unsaturated/α-hetero) is 1. The molecular formula is C9H8BrIO. The van der Waals surface area contributed by atoms with E-state index >= 15 is 0 Å². The van der Waals surface area contributed by atoms with Crippen LogP contribution in [0.25, 0.3) is 0 Å². The molecule has 0 aliphatic heterocycles. The maximum Gasteiger partial charge on any atom is 0.176 e. The van der Waals surface area contributed by atoms with Gasteiger partial charge in [0.2, 0.25) is 0 Å². The van der Waals surface area contributed by atoms with Crippen molar-refractivity contribution in [2.75, 3.05) is 0 Å². The van der Waals surface area contributed by atoms with Gasteiger partial charge in [0.25, 0.3) is 0 Å². The summed E-state index contributed by atoms with van der Waals surface area (Å²) in [7, 11) is 0. The van der Waals surface area contributed by atoms with Gasteiger partial charge in [-0.2, -0.15) is 0 Å². The molecule has 1 nitrogen and oxygen atoms in total. The smallest absolute Gasteiger partial charge is 0.176 e. The van der Waals surface area contributed by atoms with Crippen molar-refractivity contribution in [2.45, 2.75) is 11.8 Å². The molecule has 0 aliphatic rings. The predicted octanol–water partition coefficient (Wildman–Crippen LogP) is 3.26. The van der Waals surface area contributed by atoms with Crippen LogP contribution < -0.4 is 0 Å². The zero-order chi connectivity index (χ0) is 9.14. The number of ketones is 1. The van der Waals surface area contributed by atoms with Crippen LogP contribution in [-0.4, -0.2) is 10.6 Å². The Kier molecular flexibility index (Phi) is 3.71. The number of carbonyl (C=O) groups is 1. The van der Waals surface area contributed by atoms with E-state index in [0.717, 1.165) is 9.13 Å². The van der Waals surface area contributed by atoms with Crippen molar-refractivity contribution in [1.82, 2.24) is 0 Å². The number of carbonyl (C=O) groups excluding carboxylic acids is 1. The number of hydrogen-bond donors (Lipinski definition) is 0. The number of halogens is 2. The van der Waals surface area contributed by atoms with Crippen LogP contribution in [0.1, 0.15) is 17.3 Å². The van der Waals surface area contributed by atoms with Crippen molar-refractivity contribution in [2.24, 2.45) is 0 Å². The summed E-state index contributed by atoms with van der Waals surface area (Å²) in [4.78, 5) is 11.3. The highest BCUT2D eigenvalue weighted by Gasteiger charge is 2.10. The van der Waals surface area contributed by atoms with Gasteiger partial charge in [-0.05, 0) is 41.6 Å². The molecule has 0 heterocycles. The Morgan fingerprint density at radius 1 is 1.42 bits per heavy atom. The first kappa shape index (κ1) is 10.2. The molecule has 3 heteroatoms. The first-order chi connectivity index (χ1) is 5.61. The van der Waals surface area contributed by atoms with Crippen molar-refractivity contribution in [1.29, 1.82) is 0 Å². The lowest BCUT2D eigenvalue weighted by atomic mass is 10.1.